The Balaban J connectivity index is 2.77. The number of azo groups is 2. The van der Waals surface area contributed by atoms with Crippen molar-refractivity contribution in [2.75, 3.05) is 0 Å². The molecule has 13 heavy (non-hydrogen) atoms. The Hall–Kier alpha value is -1.30. The summed E-state index contributed by atoms with van der Waals surface area (Å²) in [6.45, 7) is 5.80. The van der Waals surface area contributed by atoms with Gasteiger partial charge in [-0.25, -0.2) is 0 Å². The van der Waals surface area contributed by atoms with Gasteiger partial charge in [0.15, 0.2) is 12.0 Å². The van der Waals surface area contributed by atoms with E-state index in [0.29, 0.717) is 5.70 Å². The van der Waals surface area contributed by atoms with Gasteiger partial charge in [0.25, 0.3) is 0 Å². The molecule has 0 saturated carbocycles. The van der Waals surface area contributed by atoms with E-state index >= 15 is 0 Å². The predicted molar refractivity (Wildman–Crippen MR) is 48.7 cm³/mol. The summed E-state index contributed by atoms with van der Waals surface area (Å²) in [5, 5.41) is 15.2. The fourth-order valence-corrected chi connectivity index (χ4v) is 0.696. The lowest BCUT2D eigenvalue weighted by Gasteiger charge is -2.09. The largest absolute Gasteiger partial charge is 0.381 e. The molecule has 1 unspecified atom stereocenters. The Labute approximate surface area is 76.8 Å². The maximum absolute atomic E-state index is 5.55. The molecule has 0 aliphatic carbocycles. The molecule has 6 heteroatoms. The fourth-order valence-electron chi connectivity index (χ4n) is 0.696. The lowest BCUT2D eigenvalue weighted by atomic mass is 10.1. The molecular formula is C7H14N6. The van der Waals surface area contributed by atoms with E-state index in [0.717, 1.165) is 0 Å². The quantitative estimate of drug-likeness (QED) is 0.593. The van der Waals surface area contributed by atoms with Crippen LogP contribution in [0.3, 0.4) is 0 Å². The minimum Gasteiger partial charge on any atom is -0.381 e. The first kappa shape index (κ1) is 9.79. The fraction of sp³-hybridized carbons (Fsp3) is 0.714. The third kappa shape index (κ3) is 2.59. The average Bonchev–Trinajstić information content (AvgIpc) is 2.27. The van der Waals surface area contributed by atoms with Crippen LogP contribution in [0, 0.1) is 0 Å². The standard InChI is InChI=1S/C7H14N6/c1-7(2,3)13-10-4-5(8)11-12-6(4)9/h5H,8-9H2,1-3H3. The van der Waals surface area contributed by atoms with Crippen molar-refractivity contribution in [2.24, 2.45) is 31.9 Å². The van der Waals surface area contributed by atoms with Gasteiger partial charge in [0.05, 0.1) is 5.54 Å². The van der Waals surface area contributed by atoms with Gasteiger partial charge in [-0.3, -0.25) is 0 Å². The lowest BCUT2D eigenvalue weighted by Crippen LogP contribution is -2.18. The smallest absolute Gasteiger partial charge is 0.173 e. The zero-order chi connectivity index (χ0) is 10.1. The second-order valence-electron chi connectivity index (χ2n) is 3.80. The summed E-state index contributed by atoms with van der Waals surface area (Å²) in [6.07, 6.45) is -0.564. The second kappa shape index (κ2) is 3.21. The van der Waals surface area contributed by atoms with Crippen LogP contribution in [0.4, 0.5) is 0 Å². The van der Waals surface area contributed by atoms with Crippen molar-refractivity contribution in [3.63, 3.8) is 0 Å². The topological polar surface area (TPSA) is 101 Å². The molecule has 0 aromatic rings. The van der Waals surface area contributed by atoms with Crippen LogP contribution in [-0.4, -0.2) is 11.7 Å². The van der Waals surface area contributed by atoms with E-state index in [-0.39, 0.29) is 11.4 Å². The highest BCUT2D eigenvalue weighted by atomic mass is 15.3. The zero-order valence-corrected chi connectivity index (χ0v) is 8.02. The van der Waals surface area contributed by atoms with E-state index < -0.39 is 6.17 Å². The molecule has 0 bridgehead atoms. The lowest BCUT2D eigenvalue weighted by molar-refractivity contribution is 0.543. The summed E-state index contributed by atoms with van der Waals surface area (Å²) in [5.41, 5.74) is 11.2. The van der Waals surface area contributed by atoms with Gasteiger partial charge >= 0.3 is 0 Å². The van der Waals surface area contributed by atoms with E-state index in [1.807, 2.05) is 20.8 Å². The minimum absolute atomic E-state index is 0.240. The number of hydrogen-bond acceptors (Lipinski definition) is 6. The molecule has 1 atom stereocenters. The molecule has 0 radical (unpaired) electrons. The van der Waals surface area contributed by atoms with Crippen molar-refractivity contribution < 1.29 is 0 Å². The van der Waals surface area contributed by atoms with E-state index in [4.69, 9.17) is 11.5 Å². The van der Waals surface area contributed by atoms with Gasteiger partial charge in [-0.15, -0.1) is 5.11 Å². The molecule has 0 aromatic heterocycles. The first-order valence-corrected chi connectivity index (χ1v) is 3.99. The minimum atomic E-state index is -0.564. The molecule has 1 heterocycles. The molecule has 0 fully saturated rings. The van der Waals surface area contributed by atoms with Gasteiger partial charge in [0.1, 0.15) is 5.70 Å². The van der Waals surface area contributed by atoms with Gasteiger partial charge in [-0.2, -0.15) is 15.3 Å². The molecule has 4 N–H and O–H groups in total. The summed E-state index contributed by atoms with van der Waals surface area (Å²) in [4.78, 5) is 0. The molecule has 72 valence electrons. The van der Waals surface area contributed by atoms with Gasteiger partial charge < -0.3 is 11.5 Å². The number of rotatable bonds is 1. The maximum Gasteiger partial charge on any atom is 0.173 e. The number of nitrogens with two attached hydrogens (primary N) is 2. The summed E-state index contributed by atoms with van der Waals surface area (Å²) in [5.74, 6) is 0.250. The van der Waals surface area contributed by atoms with Crippen molar-refractivity contribution in [1.82, 2.24) is 0 Å². The van der Waals surface area contributed by atoms with Crippen LogP contribution in [0.1, 0.15) is 20.8 Å². The molecule has 0 spiro atoms. The normalized spacial score (nSPS) is 23.5. The first-order chi connectivity index (χ1) is 5.90. The van der Waals surface area contributed by atoms with Crippen molar-refractivity contribution in [1.29, 1.82) is 0 Å². The van der Waals surface area contributed by atoms with Gasteiger partial charge in [-0.1, -0.05) is 0 Å². The van der Waals surface area contributed by atoms with Crippen LogP contribution in [0.25, 0.3) is 0 Å². The maximum atomic E-state index is 5.55. The Morgan fingerprint density at radius 1 is 1.38 bits per heavy atom. The van der Waals surface area contributed by atoms with Gasteiger partial charge in [0, 0.05) is 0 Å². The van der Waals surface area contributed by atoms with E-state index in [2.05, 4.69) is 20.5 Å². The SMILES string of the molecule is CC(C)(C)N=NC1=C(N)N=NC1N. The third-order valence-corrected chi connectivity index (χ3v) is 1.29. The summed E-state index contributed by atoms with van der Waals surface area (Å²) in [7, 11) is 0. The van der Waals surface area contributed by atoms with Crippen molar-refractivity contribution in [2.45, 2.75) is 32.5 Å². The van der Waals surface area contributed by atoms with E-state index in [1.54, 1.807) is 0 Å². The Morgan fingerprint density at radius 2 is 2.00 bits per heavy atom. The average molecular weight is 182 g/mol. The summed E-state index contributed by atoms with van der Waals surface area (Å²) >= 11 is 0. The second-order valence-corrected chi connectivity index (χ2v) is 3.80. The number of hydrogen-bond donors (Lipinski definition) is 2. The van der Waals surface area contributed by atoms with Crippen molar-refractivity contribution in [3.8, 4) is 0 Å². The van der Waals surface area contributed by atoms with Crippen LogP contribution in [-0.2, 0) is 0 Å². The Kier molecular flexibility index (Phi) is 2.42. The van der Waals surface area contributed by atoms with Crippen molar-refractivity contribution in [3.05, 3.63) is 11.5 Å². The third-order valence-electron chi connectivity index (χ3n) is 1.29. The Bertz CT molecular complexity index is 282. The molecule has 1 aliphatic heterocycles. The highest BCUT2D eigenvalue weighted by molar-refractivity contribution is 5.16. The van der Waals surface area contributed by atoms with Gasteiger partial charge in [-0.05, 0) is 20.8 Å². The highest BCUT2D eigenvalue weighted by Crippen LogP contribution is 2.18. The number of nitrogens with zero attached hydrogens (tertiary/aromatic N) is 4. The molecule has 0 aromatic carbocycles. The molecule has 0 amide bonds. The van der Waals surface area contributed by atoms with Crippen LogP contribution in [0.15, 0.2) is 32.0 Å². The monoisotopic (exact) mass is 182 g/mol. The Morgan fingerprint density at radius 3 is 2.38 bits per heavy atom. The van der Waals surface area contributed by atoms with Crippen LogP contribution < -0.4 is 11.5 Å². The predicted octanol–water partition coefficient (Wildman–Crippen LogP) is 1.12. The molecular weight excluding hydrogens is 168 g/mol. The molecule has 1 rings (SSSR count). The molecule has 6 nitrogen and oxygen atoms in total. The van der Waals surface area contributed by atoms with Crippen LogP contribution in [0.2, 0.25) is 0 Å². The summed E-state index contributed by atoms with van der Waals surface area (Å²) < 4.78 is 0. The zero-order valence-electron chi connectivity index (χ0n) is 8.02. The summed E-state index contributed by atoms with van der Waals surface area (Å²) in [6, 6.07) is 0. The van der Waals surface area contributed by atoms with Crippen LogP contribution >= 0.6 is 0 Å². The van der Waals surface area contributed by atoms with E-state index in [1.165, 1.54) is 0 Å². The van der Waals surface area contributed by atoms with Crippen LogP contribution in [0.5, 0.6) is 0 Å². The first-order valence-electron chi connectivity index (χ1n) is 3.99. The van der Waals surface area contributed by atoms with Gasteiger partial charge in [0.2, 0.25) is 0 Å². The van der Waals surface area contributed by atoms with Crippen molar-refractivity contribution >= 4 is 0 Å². The molecule has 1 aliphatic rings. The van der Waals surface area contributed by atoms with E-state index in [9.17, 15) is 0 Å². The highest BCUT2D eigenvalue weighted by Gasteiger charge is 2.19. The molecule has 0 saturated heterocycles.